The standard InChI is InChI=1S/C21H33N3O3/c1-16(2)18-8-3-4-9-19(18)23-21(27)11-10-20(26)22-12-14-24-13-6-5-7-17(24)15-25/h3-4,8-9,16-17,25H,5-7,10-15H2,1-2H3,(H,22,26)(H,23,27). The smallest absolute Gasteiger partial charge is 0.224 e. The molecule has 1 saturated heterocycles. The van der Waals surface area contributed by atoms with Crippen LogP contribution in [0, 0.1) is 0 Å². The van der Waals surface area contributed by atoms with Gasteiger partial charge in [-0.1, -0.05) is 38.5 Å². The van der Waals surface area contributed by atoms with Gasteiger partial charge in [-0.15, -0.1) is 0 Å². The summed E-state index contributed by atoms with van der Waals surface area (Å²) in [4.78, 5) is 26.4. The van der Waals surface area contributed by atoms with E-state index >= 15 is 0 Å². The molecule has 1 aliphatic rings. The van der Waals surface area contributed by atoms with Crippen molar-refractivity contribution in [3.63, 3.8) is 0 Å². The van der Waals surface area contributed by atoms with Crippen molar-refractivity contribution < 1.29 is 14.7 Å². The molecule has 0 aliphatic carbocycles. The molecule has 0 spiro atoms. The van der Waals surface area contributed by atoms with E-state index in [1.165, 1.54) is 0 Å². The molecule has 1 aromatic rings. The molecule has 1 fully saturated rings. The lowest BCUT2D eigenvalue weighted by molar-refractivity contribution is -0.124. The van der Waals surface area contributed by atoms with Crippen molar-refractivity contribution in [2.45, 2.75) is 57.9 Å². The molecule has 1 aliphatic heterocycles. The number of likely N-dealkylation sites (tertiary alicyclic amines) is 1. The minimum Gasteiger partial charge on any atom is -0.395 e. The molecule has 1 aromatic carbocycles. The Kier molecular flexibility index (Phi) is 8.75. The topological polar surface area (TPSA) is 81.7 Å². The van der Waals surface area contributed by atoms with Crippen molar-refractivity contribution in [2.75, 3.05) is 31.6 Å². The van der Waals surface area contributed by atoms with Crippen molar-refractivity contribution in [2.24, 2.45) is 0 Å². The van der Waals surface area contributed by atoms with E-state index in [-0.39, 0.29) is 37.3 Å². The highest BCUT2D eigenvalue weighted by atomic mass is 16.3. The zero-order chi connectivity index (χ0) is 19.6. The van der Waals surface area contributed by atoms with Crippen LogP contribution in [-0.2, 0) is 9.59 Å². The number of carbonyl (C=O) groups excluding carboxylic acids is 2. The molecule has 1 atom stereocenters. The van der Waals surface area contributed by atoms with Crippen LogP contribution in [0.1, 0.15) is 57.4 Å². The van der Waals surface area contributed by atoms with Gasteiger partial charge in [-0.05, 0) is 36.9 Å². The van der Waals surface area contributed by atoms with Gasteiger partial charge in [0.1, 0.15) is 0 Å². The lowest BCUT2D eigenvalue weighted by Gasteiger charge is -2.34. The third-order valence-electron chi connectivity index (χ3n) is 5.12. The number of aliphatic hydroxyl groups is 1. The van der Waals surface area contributed by atoms with Crippen LogP contribution in [0.5, 0.6) is 0 Å². The Balaban J connectivity index is 1.68. The first kappa shape index (κ1) is 21.4. The summed E-state index contributed by atoms with van der Waals surface area (Å²) in [6, 6.07) is 7.97. The number of hydrogen-bond donors (Lipinski definition) is 3. The van der Waals surface area contributed by atoms with Crippen molar-refractivity contribution in [3.8, 4) is 0 Å². The van der Waals surface area contributed by atoms with Crippen molar-refractivity contribution in [1.29, 1.82) is 0 Å². The zero-order valence-corrected chi connectivity index (χ0v) is 16.5. The first-order chi connectivity index (χ1) is 13.0. The molecule has 0 aromatic heterocycles. The van der Waals surface area contributed by atoms with Crippen LogP contribution in [0.15, 0.2) is 24.3 Å². The van der Waals surface area contributed by atoms with Crippen LogP contribution >= 0.6 is 0 Å². The number of nitrogens with zero attached hydrogens (tertiary/aromatic N) is 1. The summed E-state index contributed by atoms with van der Waals surface area (Å²) in [5.41, 5.74) is 1.91. The van der Waals surface area contributed by atoms with E-state index in [1.54, 1.807) is 0 Å². The average molecular weight is 376 g/mol. The van der Waals surface area contributed by atoms with Gasteiger partial charge in [-0.3, -0.25) is 14.5 Å². The minimum atomic E-state index is -0.144. The maximum atomic E-state index is 12.2. The maximum Gasteiger partial charge on any atom is 0.224 e. The normalized spacial score (nSPS) is 17.7. The summed E-state index contributed by atoms with van der Waals surface area (Å²) in [5, 5.41) is 15.2. The van der Waals surface area contributed by atoms with Gasteiger partial charge >= 0.3 is 0 Å². The third kappa shape index (κ3) is 6.96. The van der Waals surface area contributed by atoms with Crippen molar-refractivity contribution in [1.82, 2.24) is 10.2 Å². The Labute approximate surface area is 162 Å². The highest BCUT2D eigenvalue weighted by molar-refractivity contribution is 5.93. The Hall–Kier alpha value is -1.92. The summed E-state index contributed by atoms with van der Waals surface area (Å²) >= 11 is 0. The number of rotatable bonds is 9. The van der Waals surface area contributed by atoms with E-state index in [0.717, 1.165) is 43.6 Å². The number of carbonyl (C=O) groups is 2. The van der Waals surface area contributed by atoms with Crippen LogP contribution in [-0.4, -0.2) is 54.1 Å². The van der Waals surface area contributed by atoms with Gasteiger partial charge in [-0.2, -0.15) is 0 Å². The van der Waals surface area contributed by atoms with Crippen molar-refractivity contribution >= 4 is 17.5 Å². The fourth-order valence-electron chi connectivity index (χ4n) is 3.54. The molecule has 150 valence electrons. The quantitative estimate of drug-likeness (QED) is 0.619. The third-order valence-corrected chi connectivity index (χ3v) is 5.12. The van der Waals surface area contributed by atoms with E-state index in [0.29, 0.717) is 12.5 Å². The summed E-state index contributed by atoms with van der Waals surface area (Å²) in [6.07, 6.45) is 3.66. The maximum absolute atomic E-state index is 12.2. The predicted octanol–water partition coefficient (Wildman–Crippen LogP) is 2.49. The minimum absolute atomic E-state index is 0.111. The molecule has 2 rings (SSSR count). The van der Waals surface area contributed by atoms with Crippen LogP contribution in [0.4, 0.5) is 5.69 Å². The van der Waals surface area contributed by atoms with Gasteiger partial charge in [0.05, 0.1) is 6.61 Å². The number of amides is 2. The first-order valence-electron chi connectivity index (χ1n) is 10.0. The molecule has 0 radical (unpaired) electrons. The molecular formula is C21H33N3O3. The highest BCUT2D eigenvalue weighted by Gasteiger charge is 2.21. The second-order valence-electron chi connectivity index (χ2n) is 7.51. The van der Waals surface area contributed by atoms with Gasteiger partial charge in [0.25, 0.3) is 0 Å². The van der Waals surface area contributed by atoms with Gasteiger partial charge < -0.3 is 15.7 Å². The molecule has 0 saturated carbocycles. The number of aliphatic hydroxyl groups excluding tert-OH is 1. The van der Waals surface area contributed by atoms with Crippen molar-refractivity contribution in [3.05, 3.63) is 29.8 Å². The average Bonchev–Trinajstić information content (AvgIpc) is 2.67. The monoisotopic (exact) mass is 375 g/mol. The lowest BCUT2D eigenvalue weighted by Crippen LogP contribution is -2.45. The summed E-state index contributed by atoms with van der Waals surface area (Å²) in [7, 11) is 0. The van der Waals surface area contributed by atoms with Crippen LogP contribution in [0.3, 0.4) is 0 Å². The zero-order valence-electron chi connectivity index (χ0n) is 16.5. The number of hydrogen-bond acceptors (Lipinski definition) is 4. The molecule has 2 amide bonds. The molecule has 6 nitrogen and oxygen atoms in total. The fraction of sp³-hybridized carbons (Fsp3) is 0.619. The van der Waals surface area contributed by atoms with E-state index in [9.17, 15) is 14.7 Å². The molecule has 3 N–H and O–H groups in total. The van der Waals surface area contributed by atoms with Crippen LogP contribution < -0.4 is 10.6 Å². The summed E-state index contributed by atoms with van der Waals surface area (Å²) < 4.78 is 0. The van der Waals surface area contributed by atoms with Gasteiger partial charge in [0.15, 0.2) is 0 Å². The van der Waals surface area contributed by atoms with Crippen LogP contribution in [0.2, 0.25) is 0 Å². The number of benzene rings is 1. The predicted molar refractivity (Wildman–Crippen MR) is 108 cm³/mol. The van der Waals surface area contributed by atoms with Gasteiger partial charge in [0, 0.05) is 37.7 Å². The Morgan fingerprint density at radius 2 is 1.93 bits per heavy atom. The largest absolute Gasteiger partial charge is 0.395 e. The second kappa shape index (κ2) is 11.0. The number of para-hydroxylation sites is 1. The molecule has 1 heterocycles. The first-order valence-corrected chi connectivity index (χ1v) is 10.0. The van der Waals surface area contributed by atoms with Gasteiger partial charge in [-0.25, -0.2) is 0 Å². The molecule has 6 heteroatoms. The van der Waals surface area contributed by atoms with E-state index < -0.39 is 0 Å². The lowest BCUT2D eigenvalue weighted by atomic mass is 10.0. The second-order valence-corrected chi connectivity index (χ2v) is 7.51. The van der Waals surface area contributed by atoms with E-state index in [1.807, 2.05) is 24.3 Å². The summed E-state index contributed by atoms with van der Waals surface area (Å²) in [5.74, 6) is 0.0665. The molecule has 1 unspecified atom stereocenters. The Morgan fingerprint density at radius 3 is 2.67 bits per heavy atom. The fourth-order valence-corrected chi connectivity index (χ4v) is 3.54. The molecular weight excluding hydrogens is 342 g/mol. The Bertz CT molecular complexity index is 618. The number of anilines is 1. The summed E-state index contributed by atoms with van der Waals surface area (Å²) in [6.45, 7) is 6.60. The molecule has 27 heavy (non-hydrogen) atoms. The number of piperidine rings is 1. The van der Waals surface area contributed by atoms with E-state index in [4.69, 9.17) is 0 Å². The molecule has 0 bridgehead atoms. The van der Waals surface area contributed by atoms with Gasteiger partial charge in [0.2, 0.25) is 11.8 Å². The number of nitrogens with one attached hydrogen (secondary N) is 2. The highest BCUT2D eigenvalue weighted by Crippen LogP contribution is 2.23. The Morgan fingerprint density at radius 1 is 1.19 bits per heavy atom. The SMILES string of the molecule is CC(C)c1ccccc1NC(=O)CCC(=O)NCCN1CCCCC1CO. The van der Waals surface area contributed by atoms with Crippen LogP contribution in [0.25, 0.3) is 0 Å². The van der Waals surface area contributed by atoms with E-state index in [2.05, 4.69) is 29.4 Å².